The van der Waals surface area contributed by atoms with Gasteiger partial charge in [-0.3, -0.25) is 8.91 Å². The molecule has 0 unspecified atom stereocenters. The number of nitrogens with one attached hydrogen (secondary N) is 1. The molecule has 9 nitrogen and oxygen atoms in total. The number of sulfonamides is 1. The van der Waals surface area contributed by atoms with E-state index < -0.39 is 20.1 Å². The van der Waals surface area contributed by atoms with Crippen LogP contribution in [0.2, 0.25) is 0 Å². The number of hydrogen-bond donors (Lipinski definition) is 1. The Balaban J connectivity index is 2.04. The van der Waals surface area contributed by atoms with Crippen molar-refractivity contribution < 1.29 is 25.8 Å². The van der Waals surface area contributed by atoms with Gasteiger partial charge in [-0.1, -0.05) is 0 Å². The molecule has 0 saturated carbocycles. The molecular formula is C13H19N3O6S2. The second kappa shape index (κ2) is 6.95. The lowest BCUT2D eigenvalue weighted by Crippen LogP contribution is -2.13. The summed E-state index contributed by atoms with van der Waals surface area (Å²) in [5.41, 5.74) is 1.32. The van der Waals surface area contributed by atoms with Gasteiger partial charge >= 0.3 is 0 Å². The minimum Gasteiger partial charge on any atom is -0.493 e. The van der Waals surface area contributed by atoms with Crippen LogP contribution in [0.1, 0.15) is 6.42 Å². The molecule has 0 radical (unpaired) electrons. The summed E-state index contributed by atoms with van der Waals surface area (Å²) in [6.07, 6.45) is 2.46. The maximum absolute atomic E-state index is 11.3. The zero-order valence-corrected chi connectivity index (χ0v) is 15.1. The van der Waals surface area contributed by atoms with Crippen LogP contribution in [0.25, 0.3) is 11.0 Å². The van der Waals surface area contributed by atoms with E-state index in [0.717, 1.165) is 12.5 Å². The first-order valence-electron chi connectivity index (χ1n) is 6.97. The molecule has 0 saturated heterocycles. The second-order valence-corrected chi connectivity index (χ2v) is 8.64. The number of hydrogen-bond acceptors (Lipinski definition) is 7. The van der Waals surface area contributed by atoms with Crippen molar-refractivity contribution in [2.24, 2.45) is 7.05 Å². The Morgan fingerprint density at radius 3 is 2.50 bits per heavy atom. The topological polar surface area (TPSA) is 117 Å². The lowest BCUT2D eigenvalue weighted by atomic mass is 10.3. The third-order valence-electron chi connectivity index (χ3n) is 2.98. The average molecular weight is 377 g/mol. The van der Waals surface area contributed by atoms with Crippen LogP contribution in [0.4, 0.5) is 5.95 Å². The third kappa shape index (κ3) is 5.35. The summed E-state index contributed by atoms with van der Waals surface area (Å²) in [6.45, 7) is 0.336. The van der Waals surface area contributed by atoms with Crippen LogP contribution in [0.15, 0.2) is 18.2 Å². The molecule has 2 rings (SSSR count). The molecule has 0 atom stereocenters. The van der Waals surface area contributed by atoms with Crippen LogP contribution in [-0.2, 0) is 31.4 Å². The van der Waals surface area contributed by atoms with Crippen molar-refractivity contribution in [1.29, 1.82) is 0 Å². The summed E-state index contributed by atoms with van der Waals surface area (Å²) in [6, 6.07) is 5.15. The lowest BCUT2D eigenvalue weighted by molar-refractivity contribution is 0.252. The molecule has 24 heavy (non-hydrogen) atoms. The SMILES string of the molecule is Cn1c(NS(C)(=O)=O)nc2ccc(OCCCOS(C)(=O)=O)cc21. The first kappa shape index (κ1) is 18.5. The fourth-order valence-corrected chi connectivity index (χ4v) is 2.91. The molecule has 0 aliphatic rings. The van der Waals surface area contributed by atoms with Crippen molar-refractivity contribution in [2.75, 3.05) is 30.4 Å². The van der Waals surface area contributed by atoms with Gasteiger partial charge in [0.1, 0.15) is 5.75 Å². The van der Waals surface area contributed by atoms with Gasteiger partial charge in [0.2, 0.25) is 16.0 Å². The summed E-state index contributed by atoms with van der Waals surface area (Å²) in [5.74, 6) is 0.780. The standard InChI is InChI=1S/C13H19N3O6S2/c1-16-12-9-10(21-7-4-8-22-24(3,19)20)5-6-11(12)14-13(16)15-23(2,17)18/h5-6,9H,4,7-8H2,1-3H3,(H,14,15). The number of benzene rings is 1. The van der Waals surface area contributed by atoms with Crippen LogP contribution in [0.3, 0.4) is 0 Å². The number of fused-ring (bicyclic) bond motifs is 1. The van der Waals surface area contributed by atoms with E-state index in [9.17, 15) is 16.8 Å². The normalized spacial score (nSPS) is 12.5. The maximum Gasteiger partial charge on any atom is 0.264 e. The van der Waals surface area contributed by atoms with Crippen molar-refractivity contribution in [2.45, 2.75) is 6.42 Å². The highest BCUT2D eigenvalue weighted by Gasteiger charge is 2.12. The van der Waals surface area contributed by atoms with E-state index in [1.807, 2.05) is 0 Å². The third-order valence-corrected chi connectivity index (χ3v) is 4.13. The number of rotatable bonds is 8. The Hall–Kier alpha value is -1.85. The highest BCUT2D eigenvalue weighted by Crippen LogP contribution is 2.23. The van der Waals surface area contributed by atoms with E-state index in [4.69, 9.17) is 4.74 Å². The van der Waals surface area contributed by atoms with Crippen LogP contribution in [0.5, 0.6) is 5.75 Å². The fraction of sp³-hybridized carbons (Fsp3) is 0.462. The van der Waals surface area contributed by atoms with Crippen molar-refractivity contribution in [1.82, 2.24) is 9.55 Å². The van der Waals surface area contributed by atoms with Crippen molar-refractivity contribution >= 4 is 37.1 Å². The van der Waals surface area contributed by atoms with Crippen molar-refractivity contribution in [3.05, 3.63) is 18.2 Å². The summed E-state index contributed by atoms with van der Waals surface area (Å²) in [4.78, 5) is 4.21. The first-order chi connectivity index (χ1) is 11.1. The minimum atomic E-state index is -3.44. The van der Waals surface area contributed by atoms with Gasteiger partial charge in [0, 0.05) is 19.5 Å². The van der Waals surface area contributed by atoms with Crippen LogP contribution >= 0.6 is 0 Å². The molecule has 0 bridgehead atoms. The van der Waals surface area contributed by atoms with E-state index in [-0.39, 0.29) is 19.2 Å². The molecular weight excluding hydrogens is 358 g/mol. The van der Waals surface area contributed by atoms with Gasteiger partial charge in [0.25, 0.3) is 10.1 Å². The van der Waals surface area contributed by atoms with Crippen LogP contribution < -0.4 is 9.46 Å². The fourth-order valence-electron chi connectivity index (χ4n) is 1.98. The molecule has 0 spiro atoms. The summed E-state index contributed by atoms with van der Waals surface area (Å²) in [5, 5.41) is 0. The van der Waals surface area contributed by atoms with Gasteiger partial charge in [-0.25, -0.2) is 13.4 Å². The molecule has 0 aliphatic heterocycles. The summed E-state index contributed by atoms with van der Waals surface area (Å²) < 4.78 is 58.4. The number of nitrogens with zero attached hydrogens (tertiary/aromatic N) is 2. The Bertz CT molecular complexity index is 934. The van der Waals surface area contributed by atoms with Gasteiger partial charge in [0.05, 0.1) is 36.8 Å². The Labute approximate surface area is 140 Å². The van der Waals surface area contributed by atoms with Crippen molar-refractivity contribution in [3.8, 4) is 5.75 Å². The molecule has 0 aliphatic carbocycles. The second-order valence-electron chi connectivity index (χ2n) is 5.25. The van der Waals surface area contributed by atoms with Gasteiger partial charge in [0.15, 0.2) is 0 Å². The quantitative estimate of drug-likeness (QED) is 0.531. The number of anilines is 1. The summed E-state index contributed by atoms with van der Waals surface area (Å²) >= 11 is 0. The van der Waals surface area contributed by atoms with E-state index >= 15 is 0 Å². The highest BCUT2D eigenvalue weighted by molar-refractivity contribution is 7.92. The molecule has 11 heteroatoms. The van der Waals surface area contributed by atoms with E-state index in [0.29, 0.717) is 23.2 Å². The summed E-state index contributed by atoms with van der Waals surface area (Å²) in [7, 11) is -5.17. The molecule has 1 aromatic heterocycles. The molecule has 1 N–H and O–H groups in total. The first-order valence-corrected chi connectivity index (χ1v) is 10.7. The molecule has 0 fully saturated rings. The van der Waals surface area contributed by atoms with E-state index in [1.54, 1.807) is 29.8 Å². The van der Waals surface area contributed by atoms with Crippen LogP contribution in [0, 0.1) is 0 Å². The van der Waals surface area contributed by atoms with Crippen molar-refractivity contribution in [3.63, 3.8) is 0 Å². The molecule has 1 heterocycles. The smallest absolute Gasteiger partial charge is 0.264 e. The van der Waals surface area contributed by atoms with Gasteiger partial charge in [-0.15, -0.1) is 0 Å². The number of ether oxygens (including phenoxy) is 1. The average Bonchev–Trinajstić information content (AvgIpc) is 2.72. The Kier molecular flexibility index (Phi) is 5.35. The predicted octanol–water partition coefficient (Wildman–Crippen LogP) is 0.690. The van der Waals surface area contributed by atoms with Gasteiger partial charge in [-0.05, 0) is 12.1 Å². The van der Waals surface area contributed by atoms with Gasteiger partial charge < -0.3 is 9.30 Å². The van der Waals surface area contributed by atoms with Gasteiger partial charge in [-0.2, -0.15) is 8.42 Å². The molecule has 134 valence electrons. The lowest BCUT2D eigenvalue weighted by Gasteiger charge is -2.07. The maximum atomic E-state index is 11.3. The van der Waals surface area contributed by atoms with Crippen LogP contribution in [-0.4, -0.2) is 52.1 Å². The number of aryl methyl sites for hydroxylation is 1. The number of imidazole rings is 1. The van der Waals surface area contributed by atoms with E-state index in [1.165, 1.54) is 0 Å². The minimum absolute atomic E-state index is 0.0508. The Morgan fingerprint density at radius 1 is 1.17 bits per heavy atom. The molecule has 1 aromatic carbocycles. The number of aromatic nitrogens is 2. The zero-order chi connectivity index (χ0) is 18.0. The largest absolute Gasteiger partial charge is 0.493 e. The molecule has 2 aromatic rings. The Morgan fingerprint density at radius 2 is 1.88 bits per heavy atom. The predicted molar refractivity (Wildman–Crippen MR) is 90.1 cm³/mol. The monoisotopic (exact) mass is 377 g/mol. The van der Waals surface area contributed by atoms with E-state index in [2.05, 4.69) is 13.9 Å². The zero-order valence-electron chi connectivity index (χ0n) is 13.5. The molecule has 0 amide bonds. The highest BCUT2D eigenvalue weighted by atomic mass is 32.2.